The molecule has 2 aromatic heterocycles. The number of amidine groups is 1. The topological polar surface area (TPSA) is 227 Å². The molecule has 4 aromatic carbocycles. The number of aromatic nitrogens is 4. The largest absolute Gasteiger partial charge is 0.497 e. The summed E-state index contributed by atoms with van der Waals surface area (Å²) in [6, 6.07) is 24.7. The minimum atomic E-state index is -0.829. The highest BCUT2D eigenvalue weighted by Gasteiger charge is 2.46. The lowest BCUT2D eigenvalue weighted by molar-refractivity contribution is -0.135. The van der Waals surface area contributed by atoms with E-state index in [0.29, 0.717) is 82.2 Å². The lowest BCUT2D eigenvalue weighted by Gasteiger charge is -2.38. The molecule has 1 saturated heterocycles. The fourth-order valence-electron chi connectivity index (χ4n) is 10.5. The second-order valence-electron chi connectivity index (χ2n) is 20.8. The zero-order valence-corrected chi connectivity index (χ0v) is 47.9. The first-order valence-corrected chi connectivity index (χ1v) is 28.2. The molecule has 1 fully saturated rings. The van der Waals surface area contributed by atoms with Crippen LogP contribution in [0.1, 0.15) is 128 Å². The van der Waals surface area contributed by atoms with Crippen molar-refractivity contribution in [3.8, 4) is 34.7 Å². The van der Waals surface area contributed by atoms with Gasteiger partial charge in [0.1, 0.15) is 47.9 Å². The lowest BCUT2D eigenvalue weighted by atomic mass is 9.93. The molecule has 0 unspecified atom stereocenters. The number of nitrogens with one attached hydrogen (secondary N) is 1. The fourth-order valence-corrected chi connectivity index (χ4v) is 10.8. The number of hydrogen-bond donors (Lipinski definition) is 2. The van der Waals surface area contributed by atoms with Crippen LogP contribution in [0.25, 0.3) is 11.3 Å². The van der Waals surface area contributed by atoms with Crippen LogP contribution < -0.4 is 25.3 Å². The number of halogens is 3. The van der Waals surface area contributed by atoms with Gasteiger partial charge in [-0.15, -0.1) is 0 Å². The highest BCUT2D eigenvalue weighted by molar-refractivity contribution is 6.30. The smallest absolute Gasteiger partial charge is 0.326 e. The zero-order chi connectivity index (χ0) is 58.2. The van der Waals surface area contributed by atoms with Crippen molar-refractivity contribution in [1.29, 1.82) is 5.26 Å². The number of nitriles is 1. The van der Waals surface area contributed by atoms with E-state index in [1.807, 2.05) is 55.1 Å². The SMILES string of the molecule is COc1ccc(C2=N[C@H](c3ccc(Cl)cc3)[C@H](c3ccc(Cl)cc3)N2C(=O)N2CCN(CCCCCCCCC(=O)NCCn3nc(C#N)c4c3CN(C)C(=O)c3ccc(F)cc3[C@@H](C)Oc3nc-4cnc3N)C(=O)C2)c(OC(C)C)c1. The highest BCUT2D eigenvalue weighted by atomic mass is 35.5. The van der Waals surface area contributed by atoms with Gasteiger partial charge in [-0.05, 0) is 99.3 Å². The zero-order valence-electron chi connectivity index (χ0n) is 46.4. The molecule has 9 rings (SSSR count). The van der Waals surface area contributed by atoms with Crippen LogP contribution >= 0.6 is 23.2 Å². The van der Waals surface area contributed by atoms with Crippen molar-refractivity contribution < 1.29 is 37.8 Å². The number of methoxy groups -OCH3 is 1. The number of urea groups is 1. The maximum atomic E-state index is 15.1. The first kappa shape index (κ1) is 58.4. The normalized spacial score (nSPS) is 17.1. The van der Waals surface area contributed by atoms with E-state index in [9.17, 15) is 24.0 Å². The minimum Gasteiger partial charge on any atom is -0.497 e. The minimum absolute atomic E-state index is 0.00311. The number of piperazine rings is 1. The van der Waals surface area contributed by atoms with Crippen LogP contribution in [0.3, 0.4) is 0 Å². The first-order chi connectivity index (χ1) is 39.5. The third-order valence-corrected chi connectivity index (χ3v) is 15.2. The molecule has 22 heteroatoms. The second kappa shape index (κ2) is 26.1. The molecule has 6 aromatic rings. The van der Waals surface area contributed by atoms with Gasteiger partial charge in [-0.2, -0.15) is 10.4 Å². The van der Waals surface area contributed by atoms with Crippen molar-refractivity contribution in [3.05, 3.63) is 146 Å². The Hall–Kier alpha value is -8.28. The molecule has 0 aliphatic carbocycles. The van der Waals surface area contributed by atoms with Gasteiger partial charge in [-0.3, -0.25) is 29.0 Å². The standard InChI is InChI=1S/C60H65Cl2FN12O7/c1-36(2)81-50-31-43(80-5)22-24-45(50)57-69-54(38-13-17-40(61)18-14-38)55(39-15-19-41(62)20-16-39)75(57)60(79)73-29-28-72(52(77)35-73)26-11-9-7-6-8-10-12-51(76)66-25-27-74-49-34-71(4)59(78)44-23-21-42(63)30-46(44)37(3)82-58-56(65)67-33-48(68-58)53(49)47(32-64)70-74/h13-24,30-31,33,36-37,54-55H,6-12,25-29,34-35H2,1-5H3,(H2,65,67)(H,66,76)/t37-,54-,55+/m1/s1. The number of ether oxygens (including phenoxy) is 3. The van der Waals surface area contributed by atoms with Gasteiger partial charge in [-0.1, -0.05) is 73.2 Å². The Bertz CT molecular complexity index is 3410. The van der Waals surface area contributed by atoms with E-state index >= 15 is 4.79 Å². The van der Waals surface area contributed by atoms with E-state index in [1.165, 1.54) is 29.3 Å². The average Bonchev–Trinajstić information content (AvgIpc) is 4.14. The van der Waals surface area contributed by atoms with Gasteiger partial charge in [0.05, 0.1) is 61.1 Å². The Morgan fingerprint density at radius 3 is 2.29 bits per heavy atom. The number of carbonyl (C=O) groups is 4. The quantitative estimate of drug-likeness (QED) is 0.0767. The second-order valence-corrected chi connectivity index (χ2v) is 21.6. The number of rotatable bonds is 18. The van der Waals surface area contributed by atoms with Crippen molar-refractivity contribution in [2.24, 2.45) is 4.99 Å². The maximum Gasteiger partial charge on any atom is 0.326 e. The van der Waals surface area contributed by atoms with Gasteiger partial charge >= 0.3 is 6.03 Å². The van der Waals surface area contributed by atoms with E-state index in [4.69, 9.17) is 48.1 Å². The number of anilines is 1. The third kappa shape index (κ3) is 13.2. The van der Waals surface area contributed by atoms with Crippen LogP contribution in [0, 0.1) is 17.1 Å². The summed E-state index contributed by atoms with van der Waals surface area (Å²) in [7, 11) is 3.18. The molecule has 82 heavy (non-hydrogen) atoms. The Labute approximate surface area is 485 Å². The van der Waals surface area contributed by atoms with Gasteiger partial charge in [0, 0.05) is 66.9 Å². The Morgan fingerprint density at radius 1 is 0.902 bits per heavy atom. The predicted octanol–water partition coefficient (Wildman–Crippen LogP) is 10.1. The third-order valence-electron chi connectivity index (χ3n) is 14.7. The number of fused-ring (bicyclic) bond motifs is 5. The molecule has 19 nitrogen and oxygen atoms in total. The number of hydrogen-bond acceptors (Lipinski definition) is 13. The molecular weight excluding hydrogens is 1090 g/mol. The number of nitrogens with two attached hydrogens (primary N) is 1. The van der Waals surface area contributed by atoms with Crippen LogP contribution in [0.15, 0.2) is 96.1 Å². The molecule has 3 atom stereocenters. The van der Waals surface area contributed by atoms with E-state index in [2.05, 4.69) is 26.5 Å². The lowest BCUT2D eigenvalue weighted by Crippen LogP contribution is -2.56. The predicted molar refractivity (Wildman–Crippen MR) is 308 cm³/mol. The Kier molecular flexibility index (Phi) is 18.6. The summed E-state index contributed by atoms with van der Waals surface area (Å²) in [5.41, 5.74) is 10.0. The molecule has 5 heterocycles. The van der Waals surface area contributed by atoms with Crippen LogP contribution in [0.4, 0.5) is 15.0 Å². The maximum absolute atomic E-state index is 15.1. The van der Waals surface area contributed by atoms with Crippen LogP contribution in [-0.2, 0) is 22.7 Å². The van der Waals surface area contributed by atoms with E-state index in [0.717, 1.165) is 43.2 Å². The summed E-state index contributed by atoms with van der Waals surface area (Å²) >= 11 is 12.7. The molecular formula is C60H65Cl2FN12O7. The van der Waals surface area contributed by atoms with Crippen LogP contribution in [-0.4, -0.2) is 122 Å². The number of benzene rings is 4. The highest BCUT2D eigenvalue weighted by Crippen LogP contribution is 2.46. The summed E-state index contributed by atoms with van der Waals surface area (Å²) in [6.45, 7) is 7.03. The van der Waals surface area contributed by atoms with Gasteiger partial charge in [0.25, 0.3) is 11.8 Å². The molecule has 0 radical (unpaired) electrons. The molecule has 428 valence electrons. The molecule has 5 amide bonds. The number of nitrogens with zero attached hydrogens (tertiary/aromatic N) is 10. The Morgan fingerprint density at radius 2 is 1.60 bits per heavy atom. The van der Waals surface area contributed by atoms with Gasteiger partial charge in [0.15, 0.2) is 11.5 Å². The van der Waals surface area contributed by atoms with Gasteiger partial charge < -0.3 is 40.0 Å². The van der Waals surface area contributed by atoms with Crippen molar-refractivity contribution in [2.75, 3.05) is 52.6 Å². The van der Waals surface area contributed by atoms with Crippen LogP contribution in [0.2, 0.25) is 10.0 Å². The monoisotopic (exact) mass is 1150 g/mol. The summed E-state index contributed by atoms with van der Waals surface area (Å²) in [5, 5.41) is 18.8. The number of nitrogen functional groups attached to an aromatic ring is 1. The first-order valence-electron chi connectivity index (χ1n) is 27.4. The Balaban J connectivity index is 0.767. The van der Waals surface area contributed by atoms with Crippen molar-refractivity contribution in [1.82, 2.24) is 44.7 Å². The summed E-state index contributed by atoms with van der Waals surface area (Å²) in [6.07, 6.45) is 5.74. The molecule has 3 N–H and O–H groups in total. The fraction of sp³-hybridized carbons (Fsp3) is 0.383. The van der Waals surface area contributed by atoms with Crippen LogP contribution in [0.5, 0.6) is 17.4 Å². The number of unbranched alkanes of at least 4 members (excludes halogenated alkanes) is 5. The molecule has 3 aliphatic heterocycles. The van der Waals surface area contributed by atoms with Crippen molar-refractivity contribution in [2.45, 2.75) is 103 Å². The van der Waals surface area contributed by atoms with Gasteiger partial charge in [-0.25, -0.2) is 19.2 Å². The number of aliphatic imine (C=N–C) groups is 1. The van der Waals surface area contributed by atoms with Crippen molar-refractivity contribution in [3.63, 3.8) is 0 Å². The number of amides is 5. The molecule has 3 aliphatic rings. The molecule has 0 spiro atoms. The molecule has 0 saturated carbocycles. The summed E-state index contributed by atoms with van der Waals surface area (Å²) < 4.78 is 34.0. The van der Waals surface area contributed by atoms with Gasteiger partial charge in [0.2, 0.25) is 11.8 Å². The van der Waals surface area contributed by atoms with E-state index in [1.54, 1.807) is 65.9 Å². The molecule has 2 bridgehead atoms. The van der Waals surface area contributed by atoms with Crippen molar-refractivity contribution >= 4 is 58.6 Å². The summed E-state index contributed by atoms with van der Waals surface area (Å²) in [4.78, 5) is 76.6. The van der Waals surface area contributed by atoms with E-state index in [-0.39, 0.29) is 78.8 Å². The van der Waals surface area contributed by atoms with E-state index < -0.39 is 29.9 Å². The summed E-state index contributed by atoms with van der Waals surface area (Å²) in [5.74, 6) is 0.174. The average molecular weight is 1160 g/mol. The number of carbonyl (C=O) groups excluding carboxylic acids is 4.